The van der Waals surface area contributed by atoms with Crippen LogP contribution in [-0.2, 0) is 16.1 Å². The number of carboxylic acid groups (broad SMARTS) is 1. The maximum Gasteiger partial charge on any atom is 0.303 e. The first-order chi connectivity index (χ1) is 8.09. The van der Waals surface area contributed by atoms with Crippen LogP contribution in [0, 0.1) is 6.92 Å². The number of aryl methyl sites for hydroxylation is 1. The number of carbonyl (C=O) groups is 2. The van der Waals surface area contributed by atoms with E-state index in [1.54, 1.807) is 12.4 Å². The minimum Gasteiger partial charge on any atom is -0.481 e. The van der Waals surface area contributed by atoms with Crippen molar-refractivity contribution in [2.45, 2.75) is 32.7 Å². The molecule has 17 heavy (non-hydrogen) atoms. The van der Waals surface area contributed by atoms with Crippen LogP contribution in [0.3, 0.4) is 0 Å². The molecule has 0 saturated heterocycles. The molecule has 0 aliphatic rings. The third-order valence-electron chi connectivity index (χ3n) is 2.41. The van der Waals surface area contributed by atoms with Gasteiger partial charge < -0.3 is 10.4 Å². The highest BCUT2D eigenvalue weighted by Gasteiger charge is 2.04. The molecule has 92 valence electrons. The fourth-order valence-corrected chi connectivity index (χ4v) is 1.38. The van der Waals surface area contributed by atoms with Gasteiger partial charge in [-0.1, -0.05) is 0 Å². The van der Waals surface area contributed by atoms with Gasteiger partial charge in [-0.15, -0.1) is 0 Å². The molecule has 0 unspecified atom stereocenters. The molecule has 0 atom stereocenters. The molecule has 0 radical (unpaired) electrons. The van der Waals surface area contributed by atoms with Crippen molar-refractivity contribution in [2.24, 2.45) is 0 Å². The number of nitrogens with zero attached hydrogens (tertiary/aromatic N) is 1. The molecule has 0 fully saturated rings. The van der Waals surface area contributed by atoms with Gasteiger partial charge in [-0.25, -0.2) is 0 Å². The van der Waals surface area contributed by atoms with E-state index in [0.717, 1.165) is 11.1 Å². The molecule has 1 aromatic heterocycles. The van der Waals surface area contributed by atoms with Crippen molar-refractivity contribution >= 4 is 11.9 Å². The molecule has 5 heteroatoms. The summed E-state index contributed by atoms with van der Waals surface area (Å²) in [6.45, 7) is 2.39. The Morgan fingerprint density at radius 1 is 1.41 bits per heavy atom. The number of rotatable bonds is 6. The molecule has 0 bridgehead atoms. The van der Waals surface area contributed by atoms with Crippen LogP contribution in [0.4, 0.5) is 0 Å². The number of pyridine rings is 1. The number of amides is 1. The number of aliphatic carboxylic acids is 1. The van der Waals surface area contributed by atoms with Gasteiger partial charge in [0.1, 0.15) is 0 Å². The van der Waals surface area contributed by atoms with Crippen molar-refractivity contribution in [1.82, 2.24) is 10.3 Å². The molecular formula is C12H16N2O3. The van der Waals surface area contributed by atoms with Gasteiger partial charge in [-0.2, -0.15) is 0 Å². The monoisotopic (exact) mass is 236 g/mol. The predicted octanol–water partition coefficient (Wildman–Crippen LogP) is 1.26. The van der Waals surface area contributed by atoms with E-state index in [1.807, 2.05) is 13.0 Å². The fourth-order valence-electron chi connectivity index (χ4n) is 1.38. The van der Waals surface area contributed by atoms with E-state index in [-0.39, 0.29) is 18.7 Å². The summed E-state index contributed by atoms with van der Waals surface area (Å²) in [5.74, 6) is -0.995. The smallest absolute Gasteiger partial charge is 0.303 e. The number of nitrogens with one attached hydrogen (secondary N) is 1. The van der Waals surface area contributed by atoms with Crippen LogP contribution in [0.5, 0.6) is 0 Å². The first kappa shape index (κ1) is 13.2. The van der Waals surface area contributed by atoms with Crippen molar-refractivity contribution in [3.05, 3.63) is 29.6 Å². The molecular weight excluding hydrogens is 220 g/mol. The van der Waals surface area contributed by atoms with E-state index in [9.17, 15) is 9.59 Å². The molecule has 5 nitrogen and oxygen atoms in total. The van der Waals surface area contributed by atoms with Crippen LogP contribution in [0.15, 0.2) is 18.5 Å². The van der Waals surface area contributed by atoms with Gasteiger partial charge in [0.25, 0.3) is 0 Å². The third-order valence-corrected chi connectivity index (χ3v) is 2.41. The lowest BCUT2D eigenvalue weighted by Crippen LogP contribution is -2.23. The first-order valence-corrected chi connectivity index (χ1v) is 5.47. The quantitative estimate of drug-likeness (QED) is 0.779. The highest BCUT2D eigenvalue weighted by Crippen LogP contribution is 2.04. The predicted molar refractivity (Wildman–Crippen MR) is 62.3 cm³/mol. The Kier molecular flexibility index (Phi) is 5.13. The minimum atomic E-state index is -0.872. The summed E-state index contributed by atoms with van der Waals surface area (Å²) >= 11 is 0. The van der Waals surface area contributed by atoms with Crippen molar-refractivity contribution < 1.29 is 14.7 Å². The second-order valence-electron chi connectivity index (χ2n) is 3.83. The van der Waals surface area contributed by atoms with Gasteiger partial charge in [0.15, 0.2) is 0 Å². The van der Waals surface area contributed by atoms with Crippen LogP contribution in [0.2, 0.25) is 0 Å². The van der Waals surface area contributed by atoms with E-state index in [2.05, 4.69) is 10.3 Å². The highest BCUT2D eigenvalue weighted by molar-refractivity contribution is 5.76. The van der Waals surface area contributed by atoms with E-state index >= 15 is 0 Å². The topological polar surface area (TPSA) is 79.3 Å². The van der Waals surface area contributed by atoms with Crippen LogP contribution in [0.1, 0.15) is 30.4 Å². The Balaban J connectivity index is 2.29. The zero-order chi connectivity index (χ0) is 12.7. The van der Waals surface area contributed by atoms with Crippen molar-refractivity contribution in [2.75, 3.05) is 0 Å². The fraction of sp³-hybridized carbons (Fsp3) is 0.417. The second kappa shape index (κ2) is 6.62. The third kappa shape index (κ3) is 5.10. The lowest BCUT2D eigenvalue weighted by Gasteiger charge is -2.06. The number of carbonyl (C=O) groups excluding carboxylic acids is 1. The summed E-state index contributed by atoms with van der Waals surface area (Å²) < 4.78 is 0. The molecule has 0 saturated carbocycles. The maximum atomic E-state index is 11.4. The van der Waals surface area contributed by atoms with Gasteiger partial charge in [0.05, 0.1) is 0 Å². The summed E-state index contributed by atoms with van der Waals surface area (Å²) in [7, 11) is 0. The van der Waals surface area contributed by atoms with Gasteiger partial charge >= 0.3 is 5.97 Å². The summed E-state index contributed by atoms with van der Waals surface area (Å²) in [5, 5.41) is 11.2. The van der Waals surface area contributed by atoms with Crippen LogP contribution in [-0.4, -0.2) is 22.0 Å². The molecule has 2 N–H and O–H groups in total. The average molecular weight is 236 g/mol. The SMILES string of the molecule is Cc1cnccc1CNC(=O)CCCC(=O)O. The largest absolute Gasteiger partial charge is 0.481 e. The van der Waals surface area contributed by atoms with Gasteiger partial charge in [0.2, 0.25) is 5.91 Å². The van der Waals surface area contributed by atoms with E-state index in [0.29, 0.717) is 13.0 Å². The summed E-state index contributed by atoms with van der Waals surface area (Å²) in [5.41, 5.74) is 2.05. The second-order valence-corrected chi connectivity index (χ2v) is 3.83. The number of hydrogen-bond donors (Lipinski definition) is 2. The number of hydrogen-bond acceptors (Lipinski definition) is 3. The Bertz CT molecular complexity index is 404. The van der Waals surface area contributed by atoms with E-state index in [1.165, 1.54) is 0 Å². The lowest BCUT2D eigenvalue weighted by atomic mass is 10.1. The van der Waals surface area contributed by atoms with Gasteiger partial charge in [-0.05, 0) is 30.5 Å². The van der Waals surface area contributed by atoms with Crippen LogP contribution < -0.4 is 5.32 Å². The van der Waals surface area contributed by atoms with Gasteiger partial charge in [-0.3, -0.25) is 14.6 Å². The molecule has 0 aliphatic carbocycles. The molecule has 1 aromatic rings. The lowest BCUT2D eigenvalue weighted by molar-refractivity contribution is -0.137. The first-order valence-electron chi connectivity index (χ1n) is 5.47. The summed E-state index contributed by atoms with van der Waals surface area (Å²) in [6.07, 6.45) is 4.07. The van der Waals surface area contributed by atoms with Crippen LogP contribution in [0.25, 0.3) is 0 Å². The van der Waals surface area contributed by atoms with Crippen molar-refractivity contribution in [3.8, 4) is 0 Å². The Hall–Kier alpha value is -1.91. The van der Waals surface area contributed by atoms with Crippen molar-refractivity contribution in [1.29, 1.82) is 0 Å². The standard InChI is InChI=1S/C12H16N2O3/c1-9-7-13-6-5-10(9)8-14-11(15)3-2-4-12(16)17/h5-7H,2-4,8H2,1H3,(H,14,15)(H,16,17). The Labute approximate surface area is 99.9 Å². The zero-order valence-corrected chi connectivity index (χ0v) is 9.77. The molecule has 1 amide bonds. The average Bonchev–Trinajstić information content (AvgIpc) is 2.27. The summed E-state index contributed by atoms with van der Waals surface area (Å²) in [4.78, 5) is 25.6. The Morgan fingerprint density at radius 2 is 2.18 bits per heavy atom. The maximum absolute atomic E-state index is 11.4. The minimum absolute atomic E-state index is 0.0295. The molecule has 0 aliphatic heterocycles. The Morgan fingerprint density at radius 3 is 2.82 bits per heavy atom. The zero-order valence-electron chi connectivity index (χ0n) is 9.77. The summed E-state index contributed by atoms with van der Waals surface area (Å²) in [6, 6.07) is 1.85. The van der Waals surface area contributed by atoms with E-state index in [4.69, 9.17) is 5.11 Å². The molecule has 0 aromatic carbocycles. The number of carboxylic acids is 1. The molecule has 0 spiro atoms. The van der Waals surface area contributed by atoms with Crippen LogP contribution >= 0.6 is 0 Å². The van der Waals surface area contributed by atoms with Crippen molar-refractivity contribution in [3.63, 3.8) is 0 Å². The van der Waals surface area contributed by atoms with E-state index < -0.39 is 5.97 Å². The van der Waals surface area contributed by atoms with Gasteiger partial charge in [0, 0.05) is 31.8 Å². The molecule has 1 heterocycles. The number of aromatic nitrogens is 1. The normalized spacial score (nSPS) is 9.94. The highest BCUT2D eigenvalue weighted by atomic mass is 16.4. The molecule has 1 rings (SSSR count).